The van der Waals surface area contributed by atoms with Gasteiger partial charge in [-0.3, -0.25) is 0 Å². The van der Waals surface area contributed by atoms with E-state index in [1.165, 1.54) is 0 Å². The topological polar surface area (TPSA) is 0 Å². The molecule has 24 valence electrons. The normalized spacial score (nSPS) is 0. The van der Waals surface area contributed by atoms with Crippen molar-refractivity contribution in [3.8, 4) is 0 Å². The summed E-state index contributed by atoms with van der Waals surface area (Å²) in [5.74, 6) is 0. The molecule has 0 atom stereocenters. The molecule has 0 amide bonds. The van der Waals surface area contributed by atoms with Crippen LogP contribution in [0.1, 0.15) is 0 Å². The van der Waals surface area contributed by atoms with Gasteiger partial charge in [-0.05, 0) is 0 Å². The van der Waals surface area contributed by atoms with Crippen molar-refractivity contribution in [3.05, 3.63) is 0 Å². The van der Waals surface area contributed by atoms with E-state index in [0.29, 0.717) is 0 Å². The van der Waals surface area contributed by atoms with Crippen molar-refractivity contribution in [2.24, 2.45) is 0 Å². The molecule has 0 nitrogen and oxygen atoms in total. The molecule has 0 aromatic heterocycles. The van der Waals surface area contributed by atoms with Crippen LogP contribution in [0.3, 0.4) is 0 Å². The van der Waals surface area contributed by atoms with Crippen molar-refractivity contribution in [2.75, 3.05) is 0 Å². The first-order chi connectivity index (χ1) is 0. The van der Waals surface area contributed by atoms with Gasteiger partial charge in [0.15, 0.2) is 0 Å². The second-order valence-corrected chi connectivity index (χ2v) is 0. The van der Waals surface area contributed by atoms with E-state index in [1.54, 1.807) is 0 Å². The molecule has 0 heterocycles. The molecular weight excluding hydrogens is 376 g/mol. The van der Waals surface area contributed by atoms with Gasteiger partial charge in [-0.25, -0.2) is 0 Å². The molecule has 0 rings (SSSR count). The average molecular weight is 376 g/mol. The van der Waals surface area contributed by atoms with Gasteiger partial charge in [0.1, 0.15) is 0 Å². The minimum atomic E-state index is 0. The number of hydrogen-bond acceptors (Lipinski definition) is 0. The Kier molecular flexibility index (Phi) is 94.9. The standard InChI is InChI=1S/Ca.Ga.Nb.Yb. The molecule has 6 radical (unpaired) electrons. The maximum Gasteiger partial charge on any atom is 0 e. The van der Waals surface area contributed by atoms with Gasteiger partial charge in [0.05, 0.1) is 0 Å². The number of rotatable bonds is 0. The van der Waals surface area contributed by atoms with Crippen molar-refractivity contribution >= 4 is 57.5 Å². The maximum absolute atomic E-state index is 0. The molecule has 0 aliphatic heterocycles. The number of hydrogen-bond donors (Lipinski definition) is 0. The van der Waals surface area contributed by atoms with E-state index in [-0.39, 0.29) is 127 Å². The van der Waals surface area contributed by atoms with Gasteiger partial charge in [0.2, 0.25) is 0 Å². The van der Waals surface area contributed by atoms with Crippen LogP contribution < -0.4 is 0 Å². The summed E-state index contributed by atoms with van der Waals surface area (Å²) >= 11 is 0. The molecule has 0 unspecified atom stereocenters. The maximum atomic E-state index is 0. The van der Waals surface area contributed by atoms with Gasteiger partial charge in [-0.2, -0.15) is 0 Å². The summed E-state index contributed by atoms with van der Waals surface area (Å²) in [5, 5.41) is 0. The fourth-order valence-corrected chi connectivity index (χ4v) is 0. The largest absolute Gasteiger partial charge is 0 e. The third kappa shape index (κ3) is 9.47. The van der Waals surface area contributed by atoms with Crippen LogP contribution in [-0.4, -0.2) is 57.5 Å². The van der Waals surface area contributed by atoms with Crippen LogP contribution in [0.5, 0.6) is 0 Å². The van der Waals surface area contributed by atoms with Crippen LogP contribution in [0.2, 0.25) is 0 Å². The van der Waals surface area contributed by atoms with Gasteiger partial charge in [0, 0.05) is 127 Å². The van der Waals surface area contributed by atoms with E-state index in [0.717, 1.165) is 0 Å². The zero-order valence-corrected chi connectivity index (χ0v) is 10.5. The summed E-state index contributed by atoms with van der Waals surface area (Å²) in [4.78, 5) is 0. The molecule has 0 bridgehead atoms. The molecule has 0 saturated heterocycles. The van der Waals surface area contributed by atoms with Gasteiger partial charge in [0.25, 0.3) is 0 Å². The Balaban J connectivity index is 0. The Labute approximate surface area is 123 Å². The molecule has 4 heavy (non-hydrogen) atoms. The summed E-state index contributed by atoms with van der Waals surface area (Å²) in [7, 11) is 0. The molecule has 0 N–H and O–H groups in total. The Bertz CT molecular complexity index is 8.00. The summed E-state index contributed by atoms with van der Waals surface area (Å²) in [6, 6.07) is 0. The zero-order valence-electron chi connectivity index (χ0n) is 2.00. The van der Waals surface area contributed by atoms with Gasteiger partial charge in [-0.15, -0.1) is 0 Å². The molecule has 4 heteroatoms. The Morgan fingerprint density at radius 1 is 1.00 bits per heavy atom. The molecule has 0 fully saturated rings. The predicted molar refractivity (Wildman–Crippen MR) is 11.5 cm³/mol. The first-order valence-corrected chi connectivity index (χ1v) is 0. The van der Waals surface area contributed by atoms with Crippen molar-refractivity contribution < 1.29 is 69.3 Å². The fraction of sp³-hybridized carbons (Fsp3) is 0. The van der Waals surface area contributed by atoms with Crippen LogP contribution in [0.25, 0.3) is 0 Å². The van der Waals surface area contributed by atoms with Crippen molar-refractivity contribution in [1.82, 2.24) is 0 Å². The van der Waals surface area contributed by atoms with Crippen LogP contribution in [-0.2, 0) is 22.4 Å². The minimum absolute atomic E-state index is 0. The third-order valence-corrected chi connectivity index (χ3v) is 0. The van der Waals surface area contributed by atoms with E-state index in [9.17, 15) is 0 Å². The zero-order chi connectivity index (χ0) is 0. The van der Waals surface area contributed by atoms with Gasteiger partial charge in [-0.1, -0.05) is 0 Å². The van der Waals surface area contributed by atoms with Gasteiger partial charge < -0.3 is 0 Å². The first kappa shape index (κ1) is 24.2. The van der Waals surface area contributed by atoms with Crippen molar-refractivity contribution in [1.29, 1.82) is 0 Å². The molecular formula is CaGaNbYb. The molecule has 0 aromatic rings. The minimum Gasteiger partial charge on any atom is 0 e. The molecule has 0 aliphatic carbocycles. The van der Waals surface area contributed by atoms with E-state index in [4.69, 9.17) is 0 Å². The van der Waals surface area contributed by atoms with Crippen LogP contribution in [0.4, 0.5) is 0 Å². The Hall–Kier alpha value is 4.16. The van der Waals surface area contributed by atoms with Crippen LogP contribution in [0.15, 0.2) is 0 Å². The van der Waals surface area contributed by atoms with E-state index < -0.39 is 0 Å². The molecule has 0 saturated carbocycles. The third-order valence-electron chi connectivity index (χ3n) is 0. The SMILES string of the molecule is [Ca].[Ga].[Nb].[Yb]. The monoisotopic (exact) mass is 376 g/mol. The van der Waals surface area contributed by atoms with E-state index >= 15 is 0 Å². The smallest absolute Gasteiger partial charge is 0 e. The van der Waals surface area contributed by atoms with Crippen molar-refractivity contribution in [2.45, 2.75) is 0 Å². The average Bonchev–Trinajstić information content (AvgIpc) is 0. The quantitative estimate of drug-likeness (QED) is 0.488. The first-order valence-electron chi connectivity index (χ1n) is 0. The Morgan fingerprint density at radius 2 is 1.00 bits per heavy atom. The van der Waals surface area contributed by atoms with Gasteiger partial charge >= 0.3 is 0 Å². The Morgan fingerprint density at radius 3 is 1.00 bits per heavy atom. The summed E-state index contributed by atoms with van der Waals surface area (Å²) in [5.41, 5.74) is 0. The fourth-order valence-electron chi connectivity index (χ4n) is 0. The molecule has 0 aromatic carbocycles. The molecule has 0 spiro atoms. The van der Waals surface area contributed by atoms with Crippen LogP contribution >= 0.6 is 0 Å². The van der Waals surface area contributed by atoms with E-state index in [1.807, 2.05) is 0 Å². The predicted octanol–water partition coefficient (Wildman–Crippen LogP) is -0.764. The summed E-state index contributed by atoms with van der Waals surface area (Å²) in [6.07, 6.45) is 0. The summed E-state index contributed by atoms with van der Waals surface area (Å²) in [6.45, 7) is 0. The molecule has 0 aliphatic rings. The van der Waals surface area contributed by atoms with Crippen LogP contribution in [0, 0.1) is 46.9 Å². The second-order valence-electron chi connectivity index (χ2n) is 0. The van der Waals surface area contributed by atoms with E-state index in [2.05, 4.69) is 0 Å². The van der Waals surface area contributed by atoms with Crippen molar-refractivity contribution in [3.63, 3.8) is 0 Å². The second kappa shape index (κ2) is 15.7. The summed E-state index contributed by atoms with van der Waals surface area (Å²) < 4.78 is 0.